The van der Waals surface area contributed by atoms with Crippen molar-refractivity contribution in [2.45, 2.75) is 51.2 Å². The number of hydrogen-bond acceptors (Lipinski definition) is 3. The molecule has 2 fully saturated rings. The first-order chi connectivity index (χ1) is 10.2. The van der Waals surface area contributed by atoms with Crippen LogP contribution in [-0.4, -0.2) is 48.1 Å². The molecule has 1 aromatic carbocycles. The Kier molecular flexibility index (Phi) is 4.63. The molecule has 116 valence electrons. The molecule has 2 heterocycles. The summed E-state index contributed by atoms with van der Waals surface area (Å²) in [5.74, 6) is 0. The van der Waals surface area contributed by atoms with E-state index in [0.717, 1.165) is 19.0 Å². The number of hydrogen-bond donors (Lipinski definition) is 1. The van der Waals surface area contributed by atoms with Crippen molar-refractivity contribution in [2.24, 2.45) is 5.73 Å². The predicted molar refractivity (Wildman–Crippen MR) is 88.4 cm³/mol. The number of nitrogens with zero attached hydrogens (tertiary/aromatic N) is 2. The summed E-state index contributed by atoms with van der Waals surface area (Å²) in [7, 11) is 0. The van der Waals surface area contributed by atoms with E-state index in [2.05, 4.69) is 47.9 Å². The molecule has 2 saturated heterocycles. The van der Waals surface area contributed by atoms with Crippen LogP contribution in [0, 0.1) is 6.92 Å². The maximum absolute atomic E-state index is 6.50. The van der Waals surface area contributed by atoms with Crippen LogP contribution in [0.5, 0.6) is 0 Å². The van der Waals surface area contributed by atoms with Gasteiger partial charge in [-0.2, -0.15) is 0 Å². The van der Waals surface area contributed by atoms with Crippen LogP contribution >= 0.6 is 0 Å². The monoisotopic (exact) mass is 287 g/mol. The van der Waals surface area contributed by atoms with Gasteiger partial charge in [-0.3, -0.25) is 9.80 Å². The molecule has 1 aromatic rings. The molecule has 0 aromatic heterocycles. The average Bonchev–Trinajstić information content (AvgIpc) is 2.97. The lowest BCUT2D eigenvalue weighted by atomic mass is 9.94. The van der Waals surface area contributed by atoms with Gasteiger partial charge in [0.1, 0.15) is 0 Å². The Hall–Kier alpha value is -0.900. The van der Waals surface area contributed by atoms with Gasteiger partial charge < -0.3 is 5.73 Å². The molecule has 0 bridgehead atoms. The standard InChI is InChI=1S/C18H29N3/c1-3-17(19)18(15-8-6-14(2)7-9-15)21-12-11-20-10-4-5-16(20)13-21/h6-9,16-18H,3-5,10-13,19H2,1-2H3. The molecule has 2 aliphatic rings. The van der Waals surface area contributed by atoms with E-state index >= 15 is 0 Å². The van der Waals surface area contributed by atoms with Gasteiger partial charge in [0.05, 0.1) is 0 Å². The first-order valence-corrected chi connectivity index (χ1v) is 8.49. The van der Waals surface area contributed by atoms with Gasteiger partial charge in [-0.15, -0.1) is 0 Å². The van der Waals surface area contributed by atoms with E-state index in [4.69, 9.17) is 5.73 Å². The highest BCUT2D eigenvalue weighted by Gasteiger charge is 2.35. The van der Waals surface area contributed by atoms with Crippen LogP contribution in [0.2, 0.25) is 0 Å². The lowest BCUT2D eigenvalue weighted by Gasteiger charge is -2.43. The minimum Gasteiger partial charge on any atom is -0.326 e. The van der Waals surface area contributed by atoms with Crippen molar-refractivity contribution in [1.29, 1.82) is 0 Å². The van der Waals surface area contributed by atoms with Crippen molar-refractivity contribution >= 4 is 0 Å². The molecule has 3 nitrogen and oxygen atoms in total. The summed E-state index contributed by atoms with van der Waals surface area (Å²) in [6, 6.07) is 10.3. The summed E-state index contributed by atoms with van der Waals surface area (Å²) in [6.07, 6.45) is 3.76. The molecular weight excluding hydrogens is 258 g/mol. The number of fused-ring (bicyclic) bond motifs is 1. The lowest BCUT2D eigenvalue weighted by Crippen LogP contribution is -2.54. The average molecular weight is 287 g/mol. The summed E-state index contributed by atoms with van der Waals surface area (Å²) in [6.45, 7) is 9.21. The van der Waals surface area contributed by atoms with Crippen molar-refractivity contribution in [1.82, 2.24) is 9.80 Å². The number of benzene rings is 1. The van der Waals surface area contributed by atoms with E-state index in [-0.39, 0.29) is 6.04 Å². The van der Waals surface area contributed by atoms with Crippen molar-refractivity contribution < 1.29 is 0 Å². The van der Waals surface area contributed by atoms with Gasteiger partial charge in [0.25, 0.3) is 0 Å². The molecule has 3 heteroatoms. The fraction of sp³-hybridized carbons (Fsp3) is 0.667. The highest BCUT2D eigenvalue weighted by atomic mass is 15.3. The molecule has 0 radical (unpaired) electrons. The zero-order valence-electron chi connectivity index (χ0n) is 13.5. The maximum atomic E-state index is 6.50. The third-order valence-corrected chi connectivity index (χ3v) is 5.31. The number of nitrogens with two attached hydrogens (primary N) is 1. The summed E-state index contributed by atoms with van der Waals surface area (Å²) in [5.41, 5.74) is 9.21. The zero-order valence-corrected chi connectivity index (χ0v) is 13.5. The summed E-state index contributed by atoms with van der Waals surface area (Å²) >= 11 is 0. The fourth-order valence-electron chi connectivity index (χ4n) is 3.98. The second-order valence-corrected chi connectivity index (χ2v) is 6.75. The number of aryl methyl sites for hydroxylation is 1. The van der Waals surface area contributed by atoms with Gasteiger partial charge in [0.2, 0.25) is 0 Å². The molecule has 3 atom stereocenters. The number of rotatable bonds is 4. The van der Waals surface area contributed by atoms with Crippen molar-refractivity contribution in [3.63, 3.8) is 0 Å². The summed E-state index contributed by atoms with van der Waals surface area (Å²) < 4.78 is 0. The van der Waals surface area contributed by atoms with Gasteiger partial charge in [-0.1, -0.05) is 36.8 Å². The first-order valence-electron chi connectivity index (χ1n) is 8.49. The summed E-state index contributed by atoms with van der Waals surface area (Å²) in [4.78, 5) is 5.31. The van der Waals surface area contributed by atoms with E-state index in [0.29, 0.717) is 6.04 Å². The van der Waals surface area contributed by atoms with Crippen LogP contribution in [0.4, 0.5) is 0 Å². The second kappa shape index (κ2) is 6.47. The topological polar surface area (TPSA) is 32.5 Å². The van der Waals surface area contributed by atoms with Crippen molar-refractivity contribution in [3.8, 4) is 0 Å². The Morgan fingerprint density at radius 3 is 2.67 bits per heavy atom. The van der Waals surface area contributed by atoms with E-state index in [9.17, 15) is 0 Å². The van der Waals surface area contributed by atoms with E-state index in [1.54, 1.807) is 0 Å². The van der Waals surface area contributed by atoms with Gasteiger partial charge in [-0.25, -0.2) is 0 Å². The molecular formula is C18H29N3. The van der Waals surface area contributed by atoms with Crippen LogP contribution < -0.4 is 5.73 Å². The molecule has 0 spiro atoms. The maximum Gasteiger partial charge on any atom is 0.0500 e. The number of piperazine rings is 1. The largest absolute Gasteiger partial charge is 0.326 e. The third-order valence-electron chi connectivity index (χ3n) is 5.31. The molecule has 3 unspecified atom stereocenters. The van der Waals surface area contributed by atoms with E-state index in [1.165, 1.54) is 43.6 Å². The SMILES string of the molecule is CCC(N)C(c1ccc(C)cc1)N1CCN2CCCC2C1. The zero-order chi connectivity index (χ0) is 14.8. The molecule has 0 saturated carbocycles. The minimum absolute atomic E-state index is 0.223. The normalized spacial score (nSPS) is 26.5. The minimum atomic E-state index is 0.223. The first kappa shape index (κ1) is 15.0. The summed E-state index contributed by atoms with van der Waals surface area (Å²) in [5, 5.41) is 0. The Labute approximate surface area is 129 Å². The second-order valence-electron chi connectivity index (χ2n) is 6.75. The Bertz CT molecular complexity index is 456. The molecule has 2 aliphatic heterocycles. The van der Waals surface area contributed by atoms with Crippen molar-refractivity contribution in [2.75, 3.05) is 26.2 Å². The highest BCUT2D eigenvalue weighted by molar-refractivity contribution is 5.25. The predicted octanol–water partition coefficient (Wildman–Crippen LogP) is 2.55. The molecule has 0 amide bonds. The van der Waals surface area contributed by atoms with Crippen molar-refractivity contribution in [3.05, 3.63) is 35.4 Å². The molecule has 3 rings (SSSR count). The van der Waals surface area contributed by atoms with Gasteiger partial charge in [-0.05, 0) is 38.3 Å². The van der Waals surface area contributed by atoms with Gasteiger partial charge in [0, 0.05) is 37.8 Å². The van der Waals surface area contributed by atoms with E-state index in [1.807, 2.05) is 0 Å². The van der Waals surface area contributed by atoms with Crippen LogP contribution in [0.1, 0.15) is 43.4 Å². The highest BCUT2D eigenvalue weighted by Crippen LogP contribution is 2.30. The van der Waals surface area contributed by atoms with E-state index < -0.39 is 0 Å². The van der Waals surface area contributed by atoms with Crippen LogP contribution in [-0.2, 0) is 0 Å². The van der Waals surface area contributed by atoms with Crippen LogP contribution in [0.25, 0.3) is 0 Å². The smallest absolute Gasteiger partial charge is 0.0500 e. The molecule has 0 aliphatic carbocycles. The Morgan fingerprint density at radius 1 is 1.19 bits per heavy atom. The van der Waals surface area contributed by atoms with Gasteiger partial charge in [0.15, 0.2) is 0 Å². The lowest BCUT2D eigenvalue weighted by molar-refractivity contribution is 0.0608. The quantitative estimate of drug-likeness (QED) is 0.924. The third kappa shape index (κ3) is 3.15. The molecule has 21 heavy (non-hydrogen) atoms. The Balaban J connectivity index is 1.80. The van der Waals surface area contributed by atoms with Crippen LogP contribution in [0.15, 0.2) is 24.3 Å². The Morgan fingerprint density at radius 2 is 1.95 bits per heavy atom. The molecule has 2 N–H and O–H groups in total. The van der Waals surface area contributed by atoms with Crippen LogP contribution in [0.3, 0.4) is 0 Å². The fourth-order valence-corrected chi connectivity index (χ4v) is 3.98. The van der Waals surface area contributed by atoms with Gasteiger partial charge >= 0.3 is 0 Å².